The molecule has 2 amide bonds. The number of amides is 2. The summed E-state index contributed by atoms with van der Waals surface area (Å²) in [7, 11) is 1.51. The summed E-state index contributed by atoms with van der Waals surface area (Å²) in [5.41, 5.74) is 0.969. The molecule has 0 unspecified atom stereocenters. The second kappa shape index (κ2) is 14.7. The second-order valence-electron chi connectivity index (χ2n) is 8.92. The molecular formula is C30H34F2N2O4. The van der Waals surface area contributed by atoms with Crippen LogP contribution < -0.4 is 20.1 Å². The lowest BCUT2D eigenvalue weighted by Gasteiger charge is -2.22. The maximum Gasteiger partial charge on any atom is 0.253 e. The van der Waals surface area contributed by atoms with Crippen LogP contribution >= 0.6 is 0 Å². The molecule has 0 fully saturated rings. The summed E-state index contributed by atoms with van der Waals surface area (Å²) in [5, 5.41) is 5.53. The van der Waals surface area contributed by atoms with E-state index >= 15 is 0 Å². The number of nitrogens with one attached hydrogen (secondary N) is 2. The van der Waals surface area contributed by atoms with Gasteiger partial charge in [-0.05, 0) is 72.6 Å². The molecule has 3 rings (SSSR count). The smallest absolute Gasteiger partial charge is 0.253 e. The van der Waals surface area contributed by atoms with E-state index in [-0.39, 0.29) is 11.1 Å². The largest absolute Gasteiger partial charge is 0.493 e. The molecule has 202 valence electrons. The van der Waals surface area contributed by atoms with Crippen LogP contribution in [0.25, 0.3) is 0 Å². The Balaban J connectivity index is 1.76. The predicted molar refractivity (Wildman–Crippen MR) is 142 cm³/mol. The van der Waals surface area contributed by atoms with Gasteiger partial charge >= 0.3 is 0 Å². The van der Waals surface area contributed by atoms with E-state index in [1.807, 2.05) is 0 Å². The molecule has 3 aromatic carbocycles. The van der Waals surface area contributed by atoms with Gasteiger partial charge < -0.3 is 20.1 Å². The van der Waals surface area contributed by atoms with Crippen LogP contribution in [0.3, 0.4) is 0 Å². The molecule has 38 heavy (non-hydrogen) atoms. The third-order valence-corrected chi connectivity index (χ3v) is 6.04. The molecule has 0 heterocycles. The van der Waals surface area contributed by atoms with Crippen molar-refractivity contribution >= 4 is 11.8 Å². The minimum atomic E-state index is -0.966. The third-order valence-electron chi connectivity index (χ3n) is 6.04. The quantitative estimate of drug-likeness (QED) is 0.185. The average Bonchev–Trinajstić information content (AvgIpc) is 2.92. The Bertz CT molecular complexity index is 1120. The van der Waals surface area contributed by atoms with Crippen molar-refractivity contribution < 1.29 is 27.8 Å². The molecule has 0 aliphatic rings. The molecule has 0 spiro atoms. The van der Waals surface area contributed by atoms with E-state index in [9.17, 15) is 18.4 Å². The van der Waals surface area contributed by atoms with Gasteiger partial charge in [-0.1, -0.05) is 45.1 Å². The number of hydrogen-bond donors (Lipinski definition) is 2. The Morgan fingerprint density at radius 3 is 1.79 bits per heavy atom. The fraction of sp³-hybridized carbons (Fsp3) is 0.333. The number of carbonyl (C=O) groups is 2. The van der Waals surface area contributed by atoms with Crippen LogP contribution in [0.15, 0.2) is 66.7 Å². The van der Waals surface area contributed by atoms with Crippen molar-refractivity contribution in [2.45, 2.75) is 51.6 Å². The van der Waals surface area contributed by atoms with Crippen molar-refractivity contribution in [1.82, 2.24) is 10.6 Å². The standard InChI is InChI=1S/C30H34F2N2O4/c1-3-4-5-6-7-8-19-38-26-18-13-23(20-27(26)37-2)28(33-29(35)21-9-14-24(31)15-10-21)34-30(36)22-11-16-25(32)17-12-22/h9-18,20,28H,3-8,19H2,1-2H3,(H,33,35)(H,34,36). The number of carbonyl (C=O) groups excluding carboxylic acids is 2. The molecular weight excluding hydrogens is 490 g/mol. The van der Waals surface area contributed by atoms with E-state index in [0.717, 1.165) is 12.8 Å². The molecule has 0 bridgehead atoms. The van der Waals surface area contributed by atoms with Crippen LogP contribution in [0.4, 0.5) is 8.78 Å². The van der Waals surface area contributed by atoms with Crippen LogP contribution in [-0.4, -0.2) is 25.5 Å². The SMILES string of the molecule is CCCCCCCCOc1ccc(C(NC(=O)c2ccc(F)cc2)NC(=O)c2ccc(F)cc2)cc1OC. The van der Waals surface area contributed by atoms with Gasteiger partial charge in [-0.3, -0.25) is 9.59 Å². The molecule has 8 heteroatoms. The normalized spacial score (nSPS) is 10.8. The number of hydrogen-bond acceptors (Lipinski definition) is 4. The maximum absolute atomic E-state index is 13.3. The van der Waals surface area contributed by atoms with Gasteiger partial charge in [-0.2, -0.15) is 0 Å². The molecule has 0 aliphatic carbocycles. The number of ether oxygens (including phenoxy) is 2. The van der Waals surface area contributed by atoms with E-state index in [2.05, 4.69) is 17.6 Å². The lowest BCUT2D eigenvalue weighted by Crippen LogP contribution is -2.41. The molecule has 3 aromatic rings. The van der Waals surface area contributed by atoms with Gasteiger partial charge in [0.25, 0.3) is 11.8 Å². The van der Waals surface area contributed by atoms with Gasteiger partial charge in [-0.25, -0.2) is 8.78 Å². The molecule has 0 aliphatic heterocycles. The fourth-order valence-corrected chi connectivity index (χ4v) is 3.88. The van der Waals surface area contributed by atoms with Crippen LogP contribution in [0.1, 0.15) is 77.9 Å². The molecule has 0 saturated carbocycles. The Kier molecular flexibility index (Phi) is 11.1. The van der Waals surface area contributed by atoms with Crippen molar-refractivity contribution in [2.24, 2.45) is 0 Å². The van der Waals surface area contributed by atoms with E-state index in [4.69, 9.17) is 9.47 Å². The highest BCUT2D eigenvalue weighted by molar-refractivity contribution is 5.96. The first kappa shape index (κ1) is 28.6. The van der Waals surface area contributed by atoms with Gasteiger partial charge in [0.2, 0.25) is 0 Å². The van der Waals surface area contributed by atoms with Gasteiger partial charge in [0.1, 0.15) is 17.8 Å². The molecule has 0 radical (unpaired) electrons. The van der Waals surface area contributed by atoms with Gasteiger partial charge in [0.15, 0.2) is 11.5 Å². The van der Waals surface area contributed by atoms with Crippen molar-refractivity contribution in [3.8, 4) is 11.5 Å². The van der Waals surface area contributed by atoms with Crippen LogP contribution in [0, 0.1) is 11.6 Å². The lowest BCUT2D eigenvalue weighted by atomic mass is 10.1. The van der Waals surface area contributed by atoms with Crippen LogP contribution in [0.2, 0.25) is 0 Å². The van der Waals surface area contributed by atoms with E-state index in [0.29, 0.717) is 23.7 Å². The number of methoxy groups -OCH3 is 1. The lowest BCUT2D eigenvalue weighted by molar-refractivity contribution is 0.0883. The Morgan fingerprint density at radius 1 is 0.737 bits per heavy atom. The summed E-state index contributed by atoms with van der Waals surface area (Å²) in [4.78, 5) is 25.8. The topological polar surface area (TPSA) is 76.7 Å². The zero-order valence-electron chi connectivity index (χ0n) is 21.8. The number of unbranched alkanes of at least 4 members (excludes halogenated alkanes) is 5. The predicted octanol–water partition coefficient (Wildman–Crippen LogP) is 6.57. The molecule has 2 N–H and O–H groups in total. The minimum absolute atomic E-state index is 0.221. The Labute approximate surface area is 222 Å². The monoisotopic (exact) mass is 524 g/mol. The summed E-state index contributed by atoms with van der Waals surface area (Å²) < 4.78 is 38.1. The van der Waals surface area contributed by atoms with Crippen molar-refractivity contribution in [1.29, 1.82) is 0 Å². The zero-order valence-corrected chi connectivity index (χ0v) is 21.8. The van der Waals surface area contributed by atoms with E-state index < -0.39 is 29.6 Å². The minimum Gasteiger partial charge on any atom is -0.493 e. The van der Waals surface area contributed by atoms with Gasteiger partial charge in [0, 0.05) is 11.1 Å². The number of benzene rings is 3. The van der Waals surface area contributed by atoms with Crippen molar-refractivity contribution in [3.05, 3.63) is 95.1 Å². The first-order chi connectivity index (χ1) is 18.4. The Morgan fingerprint density at radius 2 is 1.26 bits per heavy atom. The Hall–Kier alpha value is -3.94. The average molecular weight is 525 g/mol. The zero-order chi connectivity index (χ0) is 27.3. The molecule has 6 nitrogen and oxygen atoms in total. The summed E-state index contributed by atoms with van der Waals surface area (Å²) in [6.07, 6.45) is 5.90. The first-order valence-electron chi connectivity index (χ1n) is 12.8. The first-order valence-corrected chi connectivity index (χ1v) is 12.8. The fourth-order valence-electron chi connectivity index (χ4n) is 3.88. The van der Waals surface area contributed by atoms with E-state index in [1.165, 1.54) is 81.3 Å². The summed E-state index contributed by atoms with van der Waals surface area (Å²) >= 11 is 0. The third kappa shape index (κ3) is 8.57. The van der Waals surface area contributed by atoms with Gasteiger partial charge in [0.05, 0.1) is 13.7 Å². The van der Waals surface area contributed by atoms with Crippen molar-refractivity contribution in [2.75, 3.05) is 13.7 Å². The number of rotatable bonds is 14. The highest BCUT2D eigenvalue weighted by Crippen LogP contribution is 2.30. The second-order valence-corrected chi connectivity index (χ2v) is 8.92. The highest BCUT2D eigenvalue weighted by atomic mass is 19.1. The number of halogens is 2. The van der Waals surface area contributed by atoms with Gasteiger partial charge in [-0.15, -0.1) is 0 Å². The highest BCUT2D eigenvalue weighted by Gasteiger charge is 2.21. The molecule has 0 aromatic heterocycles. The summed E-state index contributed by atoms with van der Waals surface area (Å²) in [5.74, 6) is -0.967. The summed E-state index contributed by atoms with van der Waals surface area (Å²) in [6, 6.07) is 15.3. The summed E-state index contributed by atoms with van der Waals surface area (Å²) in [6.45, 7) is 2.74. The van der Waals surface area contributed by atoms with Crippen LogP contribution in [0.5, 0.6) is 11.5 Å². The van der Waals surface area contributed by atoms with E-state index in [1.54, 1.807) is 18.2 Å². The van der Waals surface area contributed by atoms with Crippen LogP contribution in [-0.2, 0) is 0 Å². The molecule has 0 atom stereocenters. The van der Waals surface area contributed by atoms with Crippen molar-refractivity contribution in [3.63, 3.8) is 0 Å². The molecule has 0 saturated heterocycles. The maximum atomic E-state index is 13.3.